The van der Waals surface area contributed by atoms with Gasteiger partial charge < -0.3 is 15.0 Å². The Morgan fingerprint density at radius 3 is 2.32 bits per heavy atom. The summed E-state index contributed by atoms with van der Waals surface area (Å²) in [6, 6.07) is 17.9. The number of benzene rings is 3. The number of anilines is 1. The molecule has 1 N–H and O–H groups in total. The fourth-order valence-electron chi connectivity index (χ4n) is 4.57. The summed E-state index contributed by atoms with van der Waals surface area (Å²) in [4.78, 5) is 54.1. The summed E-state index contributed by atoms with van der Waals surface area (Å²) in [5, 5.41) is 4.08. The third kappa shape index (κ3) is 3.57. The number of rotatable bonds is 5. The van der Waals surface area contributed by atoms with Gasteiger partial charge in [0.15, 0.2) is 6.10 Å². The highest BCUT2D eigenvalue weighted by Gasteiger charge is 2.35. The van der Waals surface area contributed by atoms with Gasteiger partial charge in [0.2, 0.25) is 5.91 Å². The molecule has 8 heteroatoms. The summed E-state index contributed by atoms with van der Waals surface area (Å²) in [6.45, 7) is 0.214. The maximum Gasteiger partial charge on any atom is 0.262 e. The minimum absolute atomic E-state index is 0.0898. The zero-order valence-corrected chi connectivity index (χ0v) is 18.6. The Morgan fingerprint density at radius 2 is 1.65 bits per heavy atom. The molecule has 1 atom stereocenters. The Labute approximate surface area is 196 Å². The van der Waals surface area contributed by atoms with E-state index in [1.165, 1.54) is 16.8 Å². The third-order valence-corrected chi connectivity index (χ3v) is 6.24. The number of ether oxygens (including phenoxy) is 1. The molecule has 0 saturated carbocycles. The van der Waals surface area contributed by atoms with E-state index in [1.54, 1.807) is 48.5 Å². The van der Waals surface area contributed by atoms with Gasteiger partial charge in [-0.25, -0.2) is 0 Å². The van der Waals surface area contributed by atoms with E-state index in [-0.39, 0.29) is 43.1 Å². The van der Waals surface area contributed by atoms with Crippen LogP contribution in [0.1, 0.15) is 33.6 Å². The number of hydrogen-bond acceptors (Lipinski definition) is 5. The lowest BCUT2D eigenvalue weighted by Gasteiger charge is -2.34. The Hall–Kier alpha value is -4.20. The first-order valence-corrected chi connectivity index (χ1v) is 11.1. The summed E-state index contributed by atoms with van der Waals surface area (Å²) in [5.74, 6) is -0.758. The minimum atomic E-state index is -0.814. The molecule has 2 heterocycles. The van der Waals surface area contributed by atoms with Crippen molar-refractivity contribution in [1.29, 1.82) is 0 Å². The monoisotopic (exact) mass is 457 g/mol. The van der Waals surface area contributed by atoms with Crippen LogP contribution in [0.5, 0.6) is 5.75 Å². The Balaban J connectivity index is 1.31. The van der Waals surface area contributed by atoms with Gasteiger partial charge in [-0.15, -0.1) is 0 Å². The number of para-hydroxylation sites is 2. The molecule has 8 nitrogen and oxygen atoms in total. The third-order valence-electron chi connectivity index (χ3n) is 6.24. The van der Waals surface area contributed by atoms with Crippen molar-refractivity contribution < 1.29 is 23.9 Å². The van der Waals surface area contributed by atoms with Gasteiger partial charge in [-0.05, 0) is 36.1 Å². The molecule has 3 aromatic carbocycles. The molecule has 2 aliphatic heterocycles. The van der Waals surface area contributed by atoms with Crippen LogP contribution in [0, 0.1) is 0 Å². The van der Waals surface area contributed by atoms with Crippen LogP contribution in [0.3, 0.4) is 0 Å². The fraction of sp³-hybridized carbons (Fsp3) is 0.231. The molecule has 0 radical (unpaired) electrons. The number of carbonyl (C=O) groups is 4. The predicted molar refractivity (Wildman–Crippen MR) is 126 cm³/mol. The van der Waals surface area contributed by atoms with Crippen molar-refractivity contribution in [1.82, 2.24) is 10.2 Å². The molecule has 1 unspecified atom stereocenters. The van der Waals surface area contributed by atoms with E-state index in [2.05, 4.69) is 5.32 Å². The maximum atomic E-state index is 13.1. The van der Waals surface area contributed by atoms with E-state index in [1.807, 2.05) is 12.1 Å². The second kappa shape index (κ2) is 8.62. The van der Waals surface area contributed by atoms with Crippen LogP contribution in [0.2, 0.25) is 0 Å². The van der Waals surface area contributed by atoms with Crippen molar-refractivity contribution in [3.05, 3.63) is 71.8 Å². The van der Waals surface area contributed by atoms with E-state index >= 15 is 0 Å². The largest absolute Gasteiger partial charge is 0.477 e. The van der Waals surface area contributed by atoms with Crippen LogP contribution in [-0.2, 0) is 9.59 Å². The molecule has 3 aromatic rings. The lowest BCUT2D eigenvalue weighted by molar-refractivity contribution is -0.128. The van der Waals surface area contributed by atoms with Gasteiger partial charge in [-0.3, -0.25) is 24.1 Å². The predicted octanol–water partition coefficient (Wildman–Crippen LogP) is 2.76. The topological polar surface area (TPSA) is 96.0 Å². The molecule has 34 heavy (non-hydrogen) atoms. The van der Waals surface area contributed by atoms with Gasteiger partial charge >= 0.3 is 0 Å². The number of amides is 4. The quantitative estimate of drug-likeness (QED) is 0.595. The normalized spacial score (nSPS) is 16.8. The number of hydrogen-bond donors (Lipinski definition) is 1. The molecular formula is C26H23N3O5. The smallest absolute Gasteiger partial charge is 0.262 e. The Bertz CT molecular complexity index is 1280. The SMILES string of the molecule is CNC(=O)C1CN(C(=O)CCCN2C(=O)c3cccc4cccc(c34)C2=O)c2ccccc2O1. The molecule has 0 aliphatic carbocycles. The van der Waals surface area contributed by atoms with Crippen molar-refractivity contribution in [3.63, 3.8) is 0 Å². The van der Waals surface area contributed by atoms with Crippen LogP contribution in [0.25, 0.3) is 10.8 Å². The minimum Gasteiger partial charge on any atom is -0.477 e. The van der Waals surface area contributed by atoms with Crippen molar-refractivity contribution in [2.75, 3.05) is 25.0 Å². The maximum absolute atomic E-state index is 13.1. The van der Waals surface area contributed by atoms with Crippen LogP contribution in [0.15, 0.2) is 60.7 Å². The second-order valence-electron chi connectivity index (χ2n) is 8.27. The van der Waals surface area contributed by atoms with Gasteiger partial charge in [0, 0.05) is 36.5 Å². The standard InChI is InChI=1S/C26H23N3O5/c1-27-24(31)21-15-29(19-11-2-3-12-20(19)34-21)22(30)13-6-14-28-25(32)17-9-4-7-16-8-5-10-18(23(16)17)26(28)33/h2-5,7-12,21H,6,13-15H2,1H3,(H,27,31). The van der Waals surface area contributed by atoms with Crippen molar-refractivity contribution in [2.45, 2.75) is 18.9 Å². The van der Waals surface area contributed by atoms with Crippen molar-refractivity contribution in [3.8, 4) is 5.75 Å². The summed E-state index contributed by atoms with van der Waals surface area (Å²) < 4.78 is 5.75. The van der Waals surface area contributed by atoms with E-state index in [4.69, 9.17) is 4.74 Å². The molecule has 2 aliphatic rings. The lowest BCUT2D eigenvalue weighted by atomic mass is 9.94. The molecule has 172 valence electrons. The summed E-state index contributed by atoms with van der Waals surface area (Å²) in [6.07, 6.45) is -0.401. The highest BCUT2D eigenvalue weighted by molar-refractivity contribution is 6.25. The number of imide groups is 1. The summed E-state index contributed by atoms with van der Waals surface area (Å²) >= 11 is 0. The molecule has 0 saturated heterocycles. The Kier molecular flexibility index (Phi) is 5.49. The number of fused-ring (bicyclic) bond motifs is 1. The first-order valence-electron chi connectivity index (χ1n) is 11.1. The lowest BCUT2D eigenvalue weighted by Crippen LogP contribution is -2.50. The first-order chi connectivity index (χ1) is 16.5. The van der Waals surface area contributed by atoms with Crippen LogP contribution >= 0.6 is 0 Å². The summed E-state index contributed by atoms with van der Waals surface area (Å²) in [5.41, 5.74) is 1.59. The van der Waals surface area contributed by atoms with Gasteiger partial charge in [0.25, 0.3) is 17.7 Å². The molecule has 0 bridgehead atoms. The van der Waals surface area contributed by atoms with E-state index in [0.717, 1.165) is 5.39 Å². The number of nitrogens with zero attached hydrogens (tertiary/aromatic N) is 2. The average molecular weight is 457 g/mol. The zero-order chi connectivity index (χ0) is 23.8. The Morgan fingerprint density at radius 1 is 0.971 bits per heavy atom. The second-order valence-corrected chi connectivity index (χ2v) is 8.27. The number of carbonyl (C=O) groups excluding carboxylic acids is 4. The van der Waals surface area contributed by atoms with E-state index in [9.17, 15) is 19.2 Å². The van der Waals surface area contributed by atoms with Gasteiger partial charge in [-0.2, -0.15) is 0 Å². The fourth-order valence-corrected chi connectivity index (χ4v) is 4.57. The average Bonchev–Trinajstić information content (AvgIpc) is 2.87. The van der Waals surface area contributed by atoms with Crippen molar-refractivity contribution >= 4 is 40.1 Å². The van der Waals surface area contributed by atoms with Crippen LogP contribution in [-0.4, -0.2) is 54.8 Å². The van der Waals surface area contributed by atoms with Gasteiger partial charge in [0.05, 0.1) is 12.2 Å². The van der Waals surface area contributed by atoms with Crippen LogP contribution in [0.4, 0.5) is 5.69 Å². The highest BCUT2D eigenvalue weighted by Crippen LogP contribution is 2.34. The summed E-state index contributed by atoms with van der Waals surface area (Å²) in [7, 11) is 1.52. The van der Waals surface area contributed by atoms with Gasteiger partial charge in [0.1, 0.15) is 5.75 Å². The zero-order valence-electron chi connectivity index (χ0n) is 18.6. The molecule has 0 spiro atoms. The molecule has 5 rings (SSSR count). The molecular weight excluding hydrogens is 434 g/mol. The highest BCUT2D eigenvalue weighted by atomic mass is 16.5. The van der Waals surface area contributed by atoms with E-state index < -0.39 is 6.10 Å². The van der Waals surface area contributed by atoms with Crippen molar-refractivity contribution in [2.24, 2.45) is 0 Å². The molecule has 4 amide bonds. The first kappa shape index (κ1) is 21.6. The number of nitrogens with one attached hydrogen (secondary N) is 1. The molecule has 0 fully saturated rings. The van der Waals surface area contributed by atoms with Gasteiger partial charge in [-0.1, -0.05) is 36.4 Å². The number of likely N-dealkylation sites (N-methyl/N-ethyl adjacent to an activating group) is 1. The van der Waals surface area contributed by atoms with E-state index in [0.29, 0.717) is 34.4 Å². The van der Waals surface area contributed by atoms with Crippen LogP contribution < -0.4 is 15.0 Å². The molecule has 0 aromatic heterocycles.